The van der Waals surface area contributed by atoms with Gasteiger partial charge >= 0.3 is 0 Å². The Morgan fingerprint density at radius 1 is 1.12 bits per heavy atom. The van der Waals surface area contributed by atoms with Gasteiger partial charge in [-0.05, 0) is 45.4 Å². The molecule has 0 bridgehead atoms. The molecule has 0 saturated carbocycles. The van der Waals surface area contributed by atoms with Gasteiger partial charge in [-0.3, -0.25) is 0 Å². The van der Waals surface area contributed by atoms with Crippen molar-refractivity contribution in [3.05, 3.63) is 29.8 Å². The maximum atomic E-state index is 11.9. The van der Waals surface area contributed by atoms with Crippen molar-refractivity contribution in [1.82, 2.24) is 0 Å². The molecule has 2 nitrogen and oxygen atoms in total. The predicted octanol–water partition coefficient (Wildman–Crippen LogP) is 3.03. The fourth-order valence-corrected chi connectivity index (χ4v) is 2.53. The molecule has 0 aliphatic carbocycles. The van der Waals surface area contributed by atoms with Crippen LogP contribution in [0.2, 0.25) is 0 Å². The van der Waals surface area contributed by atoms with E-state index in [0.717, 1.165) is 5.56 Å². The standard InChI is InChI=1S/C12H18O2S2/c1-9(2)16(13,14)11-7-5-10(6-8-11)12(3,4)15/h5-9,15H,1-4H3. The van der Waals surface area contributed by atoms with E-state index in [4.69, 9.17) is 0 Å². The van der Waals surface area contributed by atoms with E-state index in [9.17, 15) is 8.42 Å². The first-order valence-electron chi connectivity index (χ1n) is 5.22. The van der Waals surface area contributed by atoms with Crippen LogP contribution in [0.5, 0.6) is 0 Å². The summed E-state index contributed by atoms with van der Waals surface area (Å²) in [6.45, 7) is 7.32. The second-order valence-corrected chi connectivity index (χ2v) is 8.30. The Hall–Kier alpha value is -0.480. The molecule has 0 atom stereocenters. The largest absolute Gasteiger partial charge is 0.223 e. The van der Waals surface area contributed by atoms with Gasteiger partial charge in [0.1, 0.15) is 0 Å². The van der Waals surface area contributed by atoms with E-state index in [1.54, 1.807) is 26.0 Å². The van der Waals surface area contributed by atoms with Gasteiger partial charge in [0, 0.05) is 4.75 Å². The zero-order chi connectivity index (χ0) is 12.6. The molecule has 0 aliphatic rings. The van der Waals surface area contributed by atoms with E-state index in [1.807, 2.05) is 26.0 Å². The van der Waals surface area contributed by atoms with Crippen LogP contribution in [0.4, 0.5) is 0 Å². The maximum absolute atomic E-state index is 11.9. The van der Waals surface area contributed by atoms with Crippen molar-refractivity contribution in [3.8, 4) is 0 Å². The molecule has 16 heavy (non-hydrogen) atoms. The third-order valence-corrected chi connectivity index (χ3v) is 4.94. The summed E-state index contributed by atoms with van der Waals surface area (Å²) < 4.78 is 23.5. The van der Waals surface area contributed by atoms with Crippen molar-refractivity contribution >= 4 is 22.5 Å². The number of sulfone groups is 1. The zero-order valence-corrected chi connectivity index (χ0v) is 11.8. The SMILES string of the molecule is CC(C)S(=O)(=O)c1ccc(C(C)(C)S)cc1. The molecule has 90 valence electrons. The molecular formula is C12H18O2S2. The summed E-state index contributed by atoms with van der Waals surface area (Å²) in [6, 6.07) is 6.95. The number of hydrogen-bond donors (Lipinski definition) is 1. The lowest BCUT2D eigenvalue weighted by atomic mass is 10.0. The molecule has 0 unspecified atom stereocenters. The van der Waals surface area contributed by atoms with E-state index in [2.05, 4.69) is 12.6 Å². The molecule has 0 spiro atoms. The van der Waals surface area contributed by atoms with Gasteiger partial charge in [-0.15, -0.1) is 0 Å². The Kier molecular flexibility index (Phi) is 3.75. The fraction of sp³-hybridized carbons (Fsp3) is 0.500. The Labute approximate surface area is 103 Å². The van der Waals surface area contributed by atoms with Gasteiger partial charge in [0.2, 0.25) is 0 Å². The average Bonchev–Trinajstić information content (AvgIpc) is 2.16. The minimum atomic E-state index is -3.16. The minimum Gasteiger partial charge on any atom is -0.223 e. The van der Waals surface area contributed by atoms with Crippen LogP contribution in [0.25, 0.3) is 0 Å². The van der Waals surface area contributed by atoms with Crippen molar-refractivity contribution in [2.75, 3.05) is 0 Å². The lowest BCUT2D eigenvalue weighted by molar-refractivity contribution is 0.587. The zero-order valence-electron chi connectivity index (χ0n) is 10.1. The summed E-state index contributed by atoms with van der Waals surface area (Å²) >= 11 is 4.44. The lowest BCUT2D eigenvalue weighted by Crippen LogP contribution is -2.14. The molecule has 0 saturated heterocycles. The van der Waals surface area contributed by atoms with Gasteiger partial charge in [-0.2, -0.15) is 12.6 Å². The molecule has 0 aliphatic heterocycles. The number of thiol groups is 1. The van der Waals surface area contributed by atoms with E-state index >= 15 is 0 Å². The van der Waals surface area contributed by atoms with Crippen LogP contribution >= 0.6 is 12.6 Å². The minimum absolute atomic E-state index is 0.250. The van der Waals surface area contributed by atoms with Crippen LogP contribution in [-0.4, -0.2) is 13.7 Å². The topological polar surface area (TPSA) is 34.1 Å². The van der Waals surface area contributed by atoms with Crippen molar-refractivity contribution in [2.45, 2.75) is 42.6 Å². The van der Waals surface area contributed by atoms with E-state index in [1.165, 1.54) is 0 Å². The third kappa shape index (κ3) is 2.80. The second kappa shape index (κ2) is 4.41. The van der Waals surface area contributed by atoms with E-state index in [-0.39, 0.29) is 10.00 Å². The van der Waals surface area contributed by atoms with Crippen LogP contribution in [0.15, 0.2) is 29.2 Å². The highest BCUT2D eigenvalue weighted by atomic mass is 32.2. The number of hydrogen-bond acceptors (Lipinski definition) is 3. The van der Waals surface area contributed by atoms with Crippen molar-refractivity contribution in [3.63, 3.8) is 0 Å². The van der Waals surface area contributed by atoms with Crippen LogP contribution < -0.4 is 0 Å². The van der Waals surface area contributed by atoms with Crippen molar-refractivity contribution in [2.24, 2.45) is 0 Å². The molecule has 1 aromatic rings. The molecular weight excluding hydrogens is 240 g/mol. The highest BCUT2D eigenvalue weighted by Crippen LogP contribution is 2.28. The van der Waals surface area contributed by atoms with Crippen LogP contribution in [-0.2, 0) is 14.6 Å². The highest BCUT2D eigenvalue weighted by molar-refractivity contribution is 7.92. The first kappa shape index (κ1) is 13.6. The van der Waals surface area contributed by atoms with Gasteiger partial charge in [-0.1, -0.05) is 12.1 Å². The smallest absolute Gasteiger partial charge is 0.180 e. The molecule has 1 aromatic carbocycles. The molecule has 0 heterocycles. The van der Waals surface area contributed by atoms with Gasteiger partial charge in [-0.25, -0.2) is 8.42 Å². The molecule has 0 N–H and O–H groups in total. The quantitative estimate of drug-likeness (QED) is 0.846. The Bertz CT molecular complexity index is 451. The molecule has 0 radical (unpaired) electrons. The summed E-state index contributed by atoms with van der Waals surface area (Å²) in [7, 11) is -3.16. The summed E-state index contributed by atoms with van der Waals surface area (Å²) in [5.74, 6) is 0. The third-order valence-electron chi connectivity index (χ3n) is 2.51. The fourth-order valence-electron chi connectivity index (χ4n) is 1.32. The molecule has 0 fully saturated rings. The van der Waals surface area contributed by atoms with Crippen LogP contribution in [0.3, 0.4) is 0 Å². The average molecular weight is 258 g/mol. The lowest BCUT2D eigenvalue weighted by Gasteiger charge is -2.18. The summed E-state index contributed by atoms with van der Waals surface area (Å²) in [6.07, 6.45) is 0. The van der Waals surface area contributed by atoms with E-state index < -0.39 is 9.84 Å². The Morgan fingerprint density at radius 3 is 1.88 bits per heavy atom. The Balaban J connectivity index is 3.15. The van der Waals surface area contributed by atoms with Gasteiger partial charge in [0.25, 0.3) is 0 Å². The Morgan fingerprint density at radius 2 is 1.56 bits per heavy atom. The monoisotopic (exact) mass is 258 g/mol. The predicted molar refractivity (Wildman–Crippen MR) is 70.8 cm³/mol. The van der Waals surface area contributed by atoms with Crippen LogP contribution in [0.1, 0.15) is 33.3 Å². The first-order valence-corrected chi connectivity index (χ1v) is 7.22. The normalized spacial score (nSPS) is 13.1. The van der Waals surface area contributed by atoms with Gasteiger partial charge < -0.3 is 0 Å². The molecule has 4 heteroatoms. The number of benzene rings is 1. The summed E-state index contributed by atoms with van der Waals surface area (Å²) in [5.41, 5.74) is 1.01. The first-order chi connectivity index (χ1) is 7.15. The van der Waals surface area contributed by atoms with Gasteiger partial charge in [0.15, 0.2) is 9.84 Å². The van der Waals surface area contributed by atoms with E-state index in [0.29, 0.717) is 4.90 Å². The number of rotatable bonds is 3. The molecule has 0 aromatic heterocycles. The van der Waals surface area contributed by atoms with Gasteiger partial charge in [0.05, 0.1) is 10.1 Å². The van der Waals surface area contributed by atoms with Crippen LogP contribution in [0, 0.1) is 0 Å². The second-order valence-electron chi connectivity index (χ2n) is 4.68. The van der Waals surface area contributed by atoms with Crippen molar-refractivity contribution in [1.29, 1.82) is 0 Å². The maximum Gasteiger partial charge on any atom is 0.180 e. The van der Waals surface area contributed by atoms with Crippen molar-refractivity contribution < 1.29 is 8.42 Å². The molecule has 0 amide bonds. The molecule has 1 rings (SSSR count). The highest BCUT2D eigenvalue weighted by Gasteiger charge is 2.20. The summed E-state index contributed by atoms with van der Waals surface area (Å²) in [5, 5.41) is -0.387. The summed E-state index contributed by atoms with van der Waals surface area (Å²) in [4.78, 5) is 0.379.